The molecule has 0 spiro atoms. The van der Waals surface area contributed by atoms with E-state index in [1.807, 2.05) is 40.0 Å². The smallest absolute Gasteiger partial charge is 0.410 e. The maximum Gasteiger partial charge on any atom is 0.410 e. The third-order valence-corrected chi connectivity index (χ3v) is 11.4. The van der Waals surface area contributed by atoms with Crippen molar-refractivity contribution in [2.75, 3.05) is 7.05 Å². The quantitative estimate of drug-likeness (QED) is 0.282. The summed E-state index contributed by atoms with van der Waals surface area (Å²) in [5, 5.41) is 2.78. The minimum Gasteiger partial charge on any atom is -0.455 e. The van der Waals surface area contributed by atoms with Crippen molar-refractivity contribution in [3.63, 3.8) is 0 Å². The summed E-state index contributed by atoms with van der Waals surface area (Å²) in [4.78, 5) is 30.9. The van der Waals surface area contributed by atoms with Crippen molar-refractivity contribution in [3.05, 3.63) is 16.1 Å². The SMILES string of the molecule is CC(=O)OC(C[C@H](C(C)C)N(C)C(=O)OC(C)(C)C)c1nc(CO[Si](C)(C)C(C)(C)C)cs1. The molecular formula is C24H44N2O5SSi. The van der Waals surface area contributed by atoms with Gasteiger partial charge in [-0.1, -0.05) is 34.6 Å². The number of hydrogen-bond acceptors (Lipinski definition) is 7. The molecule has 0 fully saturated rings. The molecule has 0 N–H and O–H groups in total. The molecule has 33 heavy (non-hydrogen) atoms. The van der Waals surface area contributed by atoms with Crippen LogP contribution in [-0.2, 0) is 25.3 Å². The maximum absolute atomic E-state index is 12.7. The van der Waals surface area contributed by atoms with Gasteiger partial charge < -0.3 is 18.8 Å². The first kappa shape index (κ1) is 29.6. The number of thiazole rings is 1. The molecule has 1 unspecified atom stereocenters. The molecule has 9 heteroatoms. The first-order valence-electron chi connectivity index (χ1n) is 11.6. The molecule has 0 saturated heterocycles. The summed E-state index contributed by atoms with van der Waals surface area (Å²) in [6.07, 6.45) is -0.514. The number of hydrogen-bond donors (Lipinski definition) is 0. The van der Waals surface area contributed by atoms with Gasteiger partial charge in [0.15, 0.2) is 14.4 Å². The van der Waals surface area contributed by atoms with Crippen LogP contribution in [0, 0.1) is 5.92 Å². The molecule has 0 aliphatic carbocycles. The van der Waals surface area contributed by atoms with Gasteiger partial charge >= 0.3 is 12.1 Å². The third-order valence-electron chi connectivity index (χ3n) is 5.94. The van der Waals surface area contributed by atoms with Gasteiger partial charge in [-0.05, 0) is 44.8 Å². The van der Waals surface area contributed by atoms with Crippen molar-refractivity contribution in [1.29, 1.82) is 0 Å². The summed E-state index contributed by atoms with van der Waals surface area (Å²) < 4.78 is 17.5. The number of carbonyl (C=O) groups excluding carboxylic acids is 2. The average molecular weight is 501 g/mol. The monoisotopic (exact) mass is 500 g/mol. The van der Waals surface area contributed by atoms with Gasteiger partial charge in [0.05, 0.1) is 12.3 Å². The van der Waals surface area contributed by atoms with Crippen molar-refractivity contribution in [1.82, 2.24) is 9.88 Å². The fourth-order valence-electron chi connectivity index (χ4n) is 2.97. The Balaban J connectivity index is 3.05. The van der Waals surface area contributed by atoms with Gasteiger partial charge in [0.1, 0.15) is 10.6 Å². The lowest BCUT2D eigenvalue weighted by molar-refractivity contribution is -0.147. The molecular weight excluding hydrogens is 456 g/mol. The number of ether oxygens (including phenoxy) is 2. The van der Waals surface area contributed by atoms with Crippen LogP contribution in [0.4, 0.5) is 4.79 Å². The van der Waals surface area contributed by atoms with Gasteiger partial charge in [-0.15, -0.1) is 11.3 Å². The van der Waals surface area contributed by atoms with Gasteiger partial charge in [0, 0.05) is 31.8 Å². The lowest BCUT2D eigenvalue weighted by Crippen LogP contribution is -2.44. The minimum absolute atomic E-state index is 0.114. The molecule has 190 valence electrons. The Kier molecular flexibility index (Phi) is 10.1. The van der Waals surface area contributed by atoms with E-state index in [4.69, 9.17) is 18.9 Å². The first-order chi connectivity index (χ1) is 14.8. The molecule has 1 heterocycles. The zero-order chi connectivity index (χ0) is 25.8. The van der Waals surface area contributed by atoms with E-state index in [0.717, 1.165) is 5.69 Å². The van der Waals surface area contributed by atoms with Crippen LogP contribution >= 0.6 is 11.3 Å². The molecule has 2 atom stereocenters. The molecule has 0 bridgehead atoms. The molecule has 0 aliphatic rings. The highest BCUT2D eigenvalue weighted by Crippen LogP contribution is 2.37. The van der Waals surface area contributed by atoms with E-state index in [2.05, 4.69) is 33.9 Å². The summed E-state index contributed by atoms with van der Waals surface area (Å²) in [6.45, 7) is 22.5. The highest BCUT2D eigenvalue weighted by atomic mass is 32.1. The summed E-state index contributed by atoms with van der Waals surface area (Å²) in [5.74, 6) is -0.251. The van der Waals surface area contributed by atoms with Crippen LogP contribution in [0.3, 0.4) is 0 Å². The molecule has 0 saturated carbocycles. The van der Waals surface area contributed by atoms with Crippen molar-refractivity contribution in [2.24, 2.45) is 5.92 Å². The molecule has 1 aromatic rings. The number of carbonyl (C=O) groups is 2. The fraction of sp³-hybridized carbons (Fsp3) is 0.792. The Bertz CT molecular complexity index is 796. The Morgan fingerprint density at radius 3 is 2.18 bits per heavy atom. The average Bonchev–Trinajstić information content (AvgIpc) is 3.09. The lowest BCUT2D eigenvalue weighted by atomic mass is 9.96. The standard InChI is InChI=1S/C24H44N2O5SSi/c1-16(2)19(26(10)22(28)31-23(4,5)6)13-20(30-17(3)27)21-25-18(15-32-21)14-29-33(11,12)24(7,8)9/h15-16,19-20H,13-14H2,1-12H3/t19-,20?/m1/s1. The predicted molar refractivity (Wildman–Crippen MR) is 136 cm³/mol. The maximum atomic E-state index is 12.7. The highest BCUT2D eigenvalue weighted by molar-refractivity contribution is 7.09. The Morgan fingerprint density at radius 1 is 1.15 bits per heavy atom. The summed E-state index contributed by atoms with van der Waals surface area (Å²) in [7, 11) is -0.173. The minimum atomic E-state index is -1.90. The fourth-order valence-corrected chi connectivity index (χ4v) is 4.76. The van der Waals surface area contributed by atoms with Gasteiger partial charge in [-0.3, -0.25) is 4.79 Å². The second kappa shape index (κ2) is 11.3. The molecule has 7 nitrogen and oxygen atoms in total. The summed E-state index contributed by atoms with van der Waals surface area (Å²) >= 11 is 1.45. The van der Waals surface area contributed by atoms with Crippen LogP contribution < -0.4 is 0 Å². The van der Waals surface area contributed by atoms with Crippen LogP contribution in [0.2, 0.25) is 18.1 Å². The van der Waals surface area contributed by atoms with Crippen LogP contribution in [0.1, 0.15) is 85.5 Å². The van der Waals surface area contributed by atoms with E-state index < -0.39 is 26.1 Å². The Hall–Kier alpha value is -1.45. The number of esters is 1. The van der Waals surface area contributed by atoms with Crippen molar-refractivity contribution >= 4 is 31.7 Å². The van der Waals surface area contributed by atoms with E-state index >= 15 is 0 Å². The molecule has 1 amide bonds. The highest BCUT2D eigenvalue weighted by Gasteiger charge is 2.37. The Morgan fingerprint density at radius 2 is 1.73 bits per heavy atom. The lowest BCUT2D eigenvalue weighted by Gasteiger charge is -2.35. The third kappa shape index (κ3) is 9.37. The van der Waals surface area contributed by atoms with Crippen LogP contribution in [0.5, 0.6) is 0 Å². The van der Waals surface area contributed by atoms with Crippen LogP contribution in [0.25, 0.3) is 0 Å². The number of aromatic nitrogens is 1. The van der Waals surface area contributed by atoms with Gasteiger partial charge in [-0.25, -0.2) is 9.78 Å². The molecule has 0 radical (unpaired) electrons. The largest absolute Gasteiger partial charge is 0.455 e. The van der Waals surface area contributed by atoms with Crippen molar-refractivity contribution in [2.45, 2.75) is 111 Å². The van der Waals surface area contributed by atoms with Gasteiger partial charge in [-0.2, -0.15) is 0 Å². The predicted octanol–water partition coefficient (Wildman–Crippen LogP) is 6.55. The van der Waals surface area contributed by atoms with Gasteiger partial charge in [0.2, 0.25) is 0 Å². The van der Waals surface area contributed by atoms with Crippen LogP contribution in [0.15, 0.2) is 5.38 Å². The second-order valence-corrected chi connectivity index (χ2v) is 17.2. The zero-order valence-electron chi connectivity index (χ0n) is 22.6. The summed E-state index contributed by atoms with van der Waals surface area (Å²) in [6, 6.07) is -0.194. The Labute approximate surface area is 205 Å². The molecule has 0 aliphatic heterocycles. The van der Waals surface area contributed by atoms with Gasteiger partial charge in [0.25, 0.3) is 0 Å². The first-order valence-corrected chi connectivity index (χ1v) is 15.3. The zero-order valence-corrected chi connectivity index (χ0v) is 24.4. The number of nitrogens with zero attached hydrogens (tertiary/aromatic N) is 2. The van der Waals surface area contributed by atoms with Crippen molar-refractivity contribution < 1.29 is 23.5 Å². The van der Waals surface area contributed by atoms with Crippen LogP contribution in [-0.4, -0.2) is 49.0 Å². The van der Waals surface area contributed by atoms with Crippen molar-refractivity contribution in [3.8, 4) is 0 Å². The topological polar surface area (TPSA) is 78.0 Å². The van der Waals surface area contributed by atoms with E-state index in [1.54, 1.807) is 11.9 Å². The number of rotatable bonds is 9. The normalized spacial score (nSPS) is 14.7. The van der Waals surface area contributed by atoms with E-state index in [-0.39, 0.29) is 23.0 Å². The molecule has 1 aromatic heterocycles. The van der Waals surface area contributed by atoms with E-state index in [9.17, 15) is 9.59 Å². The number of amides is 1. The van der Waals surface area contributed by atoms with E-state index in [0.29, 0.717) is 18.0 Å². The molecule has 0 aromatic carbocycles. The molecule has 1 rings (SSSR count). The summed E-state index contributed by atoms with van der Waals surface area (Å²) in [5.41, 5.74) is 0.245. The van der Waals surface area contributed by atoms with E-state index in [1.165, 1.54) is 18.3 Å². The second-order valence-electron chi connectivity index (χ2n) is 11.5.